The number of fused-ring (bicyclic) bond motifs is 1. The molecule has 0 amide bonds. The van der Waals surface area contributed by atoms with Gasteiger partial charge in [-0.15, -0.1) is 11.3 Å². The number of thiophene rings is 1. The molecule has 1 aliphatic carbocycles. The van der Waals surface area contributed by atoms with Crippen LogP contribution in [0.4, 0.5) is 4.39 Å². The average Bonchev–Trinajstić information content (AvgIpc) is 3.04. The van der Waals surface area contributed by atoms with Crippen LogP contribution in [-0.2, 0) is 21.9 Å². The molecule has 132 valence electrons. The third kappa shape index (κ3) is 3.01. The number of H-pyrrole nitrogens is 1. The fourth-order valence-corrected chi connectivity index (χ4v) is 5.69. The molecule has 2 heterocycles. The number of aromatic amines is 1. The van der Waals surface area contributed by atoms with Crippen LogP contribution >= 0.6 is 11.3 Å². The molecule has 0 saturated heterocycles. The summed E-state index contributed by atoms with van der Waals surface area (Å²) in [7, 11) is -3.51. The normalized spacial score (nSPS) is 16.4. The second-order valence-corrected chi connectivity index (χ2v) is 9.73. The molecule has 0 bridgehead atoms. The van der Waals surface area contributed by atoms with Gasteiger partial charge in [0.1, 0.15) is 10.0 Å². The standard InChI is InChI=1S/C18H19FN2O2S2/c1-2-13-4-6-17(24-13)25(22,23)21-11-18(7-8-18)15-10-20-16-5-3-12(19)9-14(15)16/h3-6,9-10,20-21H,2,7-8,11H2,1H3. The quantitative estimate of drug-likeness (QED) is 0.682. The van der Waals surface area contributed by atoms with Crippen molar-refractivity contribution >= 4 is 32.3 Å². The predicted molar refractivity (Wildman–Crippen MR) is 98.1 cm³/mol. The van der Waals surface area contributed by atoms with Gasteiger partial charge in [-0.1, -0.05) is 6.92 Å². The summed E-state index contributed by atoms with van der Waals surface area (Å²) >= 11 is 1.31. The summed E-state index contributed by atoms with van der Waals surface area (Å²) in [5.41, 5.74) is 1.62. The van der Waals surface area contributed by atoms with E-state index in [0.717, 1.165) is 40.6 Å². The molecule has 0 radical (unpaired) electrons. The van der Waals surface area contributed by atoms with E-state index < -0.39 is 10.0 Å². The molecule has 1 fully saturated rings. The largest absolute Gasteiger partial charge is 0.361 e. The van der Waals surface area contributed by atoms with Crippen LogP contribution in [0, 0.1) is 5.82 Å². The molecule has 0 spiro atoms. The summed E-state index contributed by atoms with van der Waals surface area (Å²) in [4.78, 5) is 4.21. The number of hydrogen-bond donors (Lipinski definition) is 2. The molecule has 0 aliphatic heterocycles. The van der Waals surface area contributed by atoms with E-state index in [0.29, 0.717) is 10.8 Å². The van der Waals surface area contributed by atoms with E-state index in [2.05, 4.69) is 9.71 Å². The fraction of sp³-hybridized carbons (Fsp3) is 0.333. The van der Waals surface area contributed by atoms with E-state index in [-0.39, 0.29) is 11.2 Å². The van der Waals surface area contributed by atoms with Crippen molar-refractivity contribution in [1.82, 2.24) is 9.71 Å². The third-order valence-electron chi connectivity index (χ3n) is 4.92. The Morgan fingerprint density at radius 2 is 2.08 bits per heavy atom. The number of sulfonamides is 1. The van der Waals surface area contributed by atoms with Crippen LogP contribution in [0.15, 0.2) is 40.7 Å². The summed E-state index contributed by atoms with van der Waals surface area (Å²) in [6, 6.07) is 8.17. The van der Waals surface area contributed by atoms with Crippen molar-refractivity contribution in [2.24, 2.45) is 0 Å². The van der Waals surface area contributed by atoms with E-state index in [9.17, 15) is 12.8 Å². The van der Waals surface area contributed by atoms with Crippen molar-refractivity contribution in [2.45, 2.75) is 35.8 Å². The Hall–Kier alpha value is -1.70. The maximum Gasteiger partial charge on any atom is 0.250 e. The van der Waals surface area contributed by atoms with Crippen molar-refractivity contribution in [3.8, 4) is 0 Å². The first-order valence-electron chi connectivity index (χ1n) is 8.29. The lowest BCUT2D eigenvalue weighted by Crippen LogP contribution is -2.31. The number of nitrogens with one attached hydrogen (secondary N) is 2. The van der Waals surface area contributed by atoms with Gasteiger partial charge >= 0.3 is 0 Å². The summed E-state index contributed by atoms with van der Waals surface area (Å²) in [5, 5.41) is 0.834. The van der Waals surface area contributed by atoms with Crippen LogP contribution in [0.2, 0.25) is 0 Å². The first kappa shape index (κ1) is 16.8. The Kier molecular flexibility index (Phi) is 3.97. The fourth-order valence-electron chi connectivity index (χ4n) is 3.22. The monoisotopic (exact) mass is 378 g/mol. The summed E-state index contributed by atoms with van der Waals surface area (Å²) in [5.74, 6) is -0.282. The summed E-state index contributed by atoms with van der Waals surface area (Å²) < 4.78 is 41.8. The van der Waals surface area contributed by atoms with Crippen LogP contribution in [0.5, 0.6) is 0 Å². The molecule has 2 aromatic heterocycles. The molecule has 4 nitrogen and oxygen atoms in total. The first-order chi connectivity index (χ1) is 11.9. The minimum absolute atomic E-state index is 0.246. The molecular weight excluding hydrogens is 359 g/mol. The second kappa shape index (κ2) is 5.93. The lowest BCUT2D eigenvalue weighted by Gasteiger charge is -2.15. The molecule has 2 N–H and O–H groups in total. The van der Waals surface area contributed by atoms with Crippen LogP contribution in [0.3, 0.4) is 0 Å². The van der Waals surface area contributed by atoms with Gasteiger partial charge in [-0.05, 0) is 55.2 Å². The van der Waals surface area contributed by atoms with Gasteiger partial charge in [0.05, 0.1) is 0 Å². The van der Waals surface area contributed by atoms with E-state index in [1.165, 1.54) is 23.5 Å². The third-order valence-corrected chi connectivity index (χ3v) is 8.04. The first-order valence-corrected chi connectivity index (χ1v) is 10.6. The van der Waals surface area contributed by atoms with Gasteiger partial charge in [0, 0.05) is 33.9 Å². The molecule has 0 unspecified atom stereocenters. The number of benzene rings is 1. The highest BCUT2D eigenvalue weighted by molar-refractivity contribution is 7.91. The van der Waals surface area contributed by atoms with Crippen molar-refractivity contribution < 1.29 is 12.8 Å². The zero-order valence-corrected chi connectivity index (χ0v) is 15.4. The Morgan fingerprint density at radius 3 is 2.76 bits per heavy atom. The zero-order valence-electron chi connectivity index (χ0n) is 13.8. The molecule has 7 heteroatoms. The van der Waals surface area contributed by atoms with Gasteiger partial charge < -0.3 is 4.98 Å². The minimum atomic E-state index is -3.51. The number of rotatable bonds is 6. The van der Waals surface area contributed by atoms with Gasteiger partial charge in [-0.3, -0.25) is 0 Å². The maximum atomic E-state index is 13.6. The highest BCUT2D eigenvalue weighted by Gasteiger charge is 2.46. The Labute approximate surface area is 150 Å². The van der Waals surface area contributed by atoms with Crippen LogP contribution in [-0.4, -0.2) is 19.9 Å². The van der Waals surface area contributed by atoms with Crippen LogP contribution < -0.4 is 4.72 Å². The average molecular weight is 378 g/mol. The number of hydrogen-bond acceptors (Lipinski definition) is 3. The van der Waals surface area contributed by atoms with Gasteiger partial charge in [0.15, 0.2) is 0 Å². The van der Waals surface area contributed by atoms with Crippen molar-refractivity contribution in [3.63, 3.8) is 0 Å². The Morgan fingerprint density at radius 1 is 1.28 bits per heavy atom. The maximum absolute atomic E-state index is 13.6. The molecule has 1 aromatic carbocycles. The van der Waals surface area contributed by atoms with Crippen LogP contribution in [0.1, 0.15) is 30.2 Å². The highest BCUT2D eigenvalue weighted by Crippen LogP contribution is 2.50. The van der Waals surface area contributed by atoms with Gasteiger partial charge in [-0.25, -0.2) is 17.5 Å². The molecule has 4 rings (SSSR count). The number of aryl methyl sites for hydroxylation is 1. The smallest absolute Gasteiger partial charge is 0.250 e. The topological polar surface area (TPSA) is 62.0 Å². The van der Waals surface area contributed by atoms with E-state index in [1.807, 2.05) is 19.2 Å². The molecule has 1 aliphatic rings. The van der Waals surface area contributed by atoms with Crippen molar-refractivity contribution in [1.29, 1.82) is 0 Å². The predicted octanol–water partition coefficient (Wildman–Crippen LogP) is 3.94. The lowest BCUT2D eigenvalue weighted by atomic mass is 9.96. The SMILES string of the molecule is CCc1ccc(S(=O)(=O)NCC2(c3c[nH]c4ccc(F)cc34)CC2)s1. The molecule has 25 heavy (non-hydrogen) atoms. The number of halogens is 1. The second-order valence-electron chi connectivity index (χ2n) is 6.57. The van der Waals surface area contributed by atoms with E-state index in [1.54, 1.807) is 12.1 Å². The minimum Gasteiger partial charge on any atom is -0.361 e. The zero-order chi connectivity index (χ0) is 17.7. The summed E-state index contributed by atoms with van der Waals surface area (Å²) in [6.45, 7) is 2.34. The van der Waals surface area contributed by atoms with Gasteiger partial charge in [0.25, 0.3) is 0 Å². The van der Waals surface area contributed by atoms with Crippen molar-refractivity contribution in [2.75, 3.05) is 6.54 Å². The molecular formula is C18H19FN2O2S2. The lowest BCUT2D eigenvalue weighted by molar-refractivity contribution is 0.569. The molecule has 3 aromatic rings. The summed E-state index contributed by atoms with van der Waals surface area (Å²) in [6.07, 6.45) is 4.49. The molecule has 1 saturated carbocycles. The van der Waals surface area contributed by atoms with Crippen molar-refractivity contribution in [3.05, 3.63) is 52.8 Å². The van der Waals surface area contributed by atoms with Gasteiger partial charge in [0.2, 0.25) is 10.0 Å². The van der Waals surface area contributed by atoms with Crippen LogP contribution in [0.25, 0.3) is 10.9 Å². The number of aromatic nitrogens is 1. The van der Waals surface area contributed by atoms with E-state index in [4.69, 9.17) is 0 Å². The van der Waals surface area contributed by atoms with Gasteiger partial charge in [-0.2, -0.15) is 0 Å². The van der Waals surface area contributed by atoms with E-state index >= 15 is 0 Å². The Balaban J connectivity index is 1.58. The Bertz CT molecular complexity index is 1030. The highest BCUT2D eigenvalue weighted by atomic mass is 32.2. The molecule has 0 atom stereocenters.